The SMILES string of the molecule is NC1CC=CCC1c1ccc(C=Cc2ccccc2)cc1. The summed E-state index contributed by atoms with van der Waals surface area (Å²) in [6, 6.07) is 19.4. The Morgan fingerprint density at radius 3 is 2.05 bits per heavy atom. The van der Waals surface area contributed by atoms with Crippen LogP contribution in [0.5, 0.6) is 0 Å². The molecule has 0 saturated heterocycles. The van der Waals surface area contributed by atoms with E-state index in [4.69, 9.17) is 5.73 Å². The van der Waals surface area contributed by atoms with E-state index in [1.165, 1.54) is 16.7 Å². The highest BCUT2D eigenvalue weighted by Crippen LogP contribution is 2.28. The predicted molar refractivity (Wildman–Crippen MR) is 90.9 cm³/mol. The fraction of sp³-hybridized carbons (Fsp3) is 0.200. The second-order valence-electron chi connectivity index (χ2n) is 5.62. The number of hydrogen-bond acceptors (Lipinski definition) is 1. The van der Waals surface area contributed by atoms with Crippen LogP contribution < -0.4 is 5.73 Å². The molecule has 0 fully saturated rings. The molecule has 2 atom stereocenters. The summed E-state index contributed by atoms with van der Waals surface area (Å²) in [6.45, 7) is 0. The monoisotopic (exact) mass is 275 g/mol. The Morgan fingerprint density at radius 2 is 1.38 bits per heavy atom. The largest absolute Gasteiger partial charge is 0.327 e. The minimum Gasteiger partial charge on any atom is -0.327 e. The molecule has 0 amide bonds. The van der Waals surface area contributed by atoms with Crippen molar-refractivity contribution < 1.29 is 0 Å². The highest BCUT2D eigenvalue weighted by Gasteiger charge is 2.20. The smallest absolute Gasteiger partial charge is 0.0145 e. The Balaban J connectivity index is 1.72. The Labute approximate surface area is 126 Å². The van der Waals surface area contributed by atoms with Crippen molar-refractivity contribution in [2.75, 3.05) is 0 Å². The van der Waals surface area contributed by atoms with Crippen LogP contribution >= 0.6 is 0 Å². The van der Waals surface area contributed by atoms with Gasteiger partial charge in [0.15, 0.2) is 0 Å². The van der Waals surface area contributed by atoms with Crippen molar-refractivity contribution in [3.63, 3.8) is 0 Å². The lowest BCUT2D eigenvalue weighted by molar-refractivity contribution is 0.521. The highest BCUT2D eigenvalue weighted by atomic mass is 14.6. The standard InChI is InChI=1S/C20H21N/c21-20-9-5-4-8-19(20)18-14-12-17(13-15-18)11-10-16-6-2-1-3-7-16/h1-7,10-15,19-20H,8-9,21H2. The van der Waals surface area contributed by atoms with E-state index in [0.29, 0.717) is 5.92 Å². The molecule has 0 heterocycles. The van der Waals surface area contributed by atoms with Gasteiger partial charge in [-0.2, -0.15) is 0 Å². The van der Waals surface area contributed by atoms with Gasteiger partial charge in [-0.05, 0) is 29.5 Å². The summed E-state index contributed by atoms with van der Waals surface area (Å²) in [6.07, 6.45) is 10.8. The average molecular weight is 275 g/mol. The van der Waals surface area contributed by atoms with Crippen LogP contribution in [0.3, 0.4) is 0 Å². The maximum atomic E-state index is 6.22. The summed E-state index contributed by atoms with van der Waals surface area (Å²) in [5, 5.41) is 0. The molecule has 2 aromatic carbocycles. The second-order valence-corrected chi connectivity index (χ2v) is 5.62. The first-order valence-electron chi connectivity index (χ1n) is 7.56. The van der Waals surface area contributed by atoms with Crippen molar-refractivity contribution in [3.8, 4) is 0 Å². The fourth-order valence-electron chi connectivity index (χ4n) is 2.83. The molecule has 0 bridgehead atoms. The molecular weight excluding hydrogens is 254 g/mol. The minimum absolute atomic E-state index is 0.251. The van der Waals surface area contributed by atoms with Gasteiger partial charge in [0.2, 0.25) is 0 Å². The van der Waals surface area contributed by atoms with Gasteiger partial charge in [-0.1, -0.05) is 78.9 Å². The molecule has 1 heteroatoms. The van der Waals surface area contributed by atoms with Crippen molar-refractivity contribution >= 4 is 12.2 Å². The lowest BCUT2D eigenvalue weighted by Crippen LogP contribution is -2.29. The van der Waals surface area contributed by atoms with E-state index in [0.717, 1.165) is 12.8 Å². The molecule has 1 aliphatic rings. The Morgan fingerprint density at radius 1 is 0.762 bits per heavy atom. The number of benzene rings is 2. The third-order valence-corrected chi connectivity index (χ3v) is 4.11. The maximum absolute atomic E-state index is 6.22. The first kappa shape index (κ1) is 13.8. The summed E-state index contributed by atoms with van der Waals surface area (Å²) < 4.78 is 0. The van der Waals surface area contributed by atoms with Crippen LogP contribution in [0.2, 0.25) is 0 Å². The summed E-state index contributed by atoms with van der Waals surface area (Å²) in [5.74, 6) is 0.460. The molecule has 2 aromatic rings. The molecule has 0 aliphatic heterocycles. The lowest BCUT2D eigenvalue weighted by Gasteiger charge is -2.25. The van der Waals surface area contributed by atoms with E-state index in [2.05, 4.69) is 72.8 Å². The van der Waals surface area contributed by atoms with E-state index < -0.39 is 0 Å². The van der Waals surface area contributed by atoms with Gasteiger partial charge in [-0.15, -0.1) is 0 Å². The molecule has 0 spiro atoms. The molecule has 1 aliphatic carbocycles. The van der Waals surface area contributed by atoms with Crippen LogP contribution in [0, 0.1) is 0 Å². The van der Waals surface area contributed by atoms with E-state index in [1.54, 1.807) is 0 Å². The van der Waals surface area contributed by atoms with Crippen LogP contribution in [0.25, 0.3) is 12.2 Å². The summed E-state index contributed by atoms with van der Waals surface area (Å²) in [5.41, 5.74) is 10.0. The number of nitrogens with two attached hydrogens (primary N) is 1. The van der Waals surface area contributed by atoms with Gasteiger partial charge in [-0.25, -0.2) is 0 Å². The van der Waals surface area contributed by atoms with Crippen molar-refractivity contribution in [1.29, 1.82) is 0 Å². The van der Waals surface area contributed by atoms with Crippen LogP contribution in [0.1, 0.15) is 35.4 Å². The van der Waals surface area contributed by atoms with E-state index in [-0.39, 0.29) is 6.04 Å². The van der Waals surface area contributed by atoms with E-state index >= 15 is 0 Å². The molecule has 1 nitrogen and oxygen atoms in total. The van der Waals surface area contributed by atoms with Gasteiger partial charge in [-0.3, -0.25) is 0 Å². The lowest BCUT2D eigenvalue weighted by atomic mass is 9.84. The van der Waals surface area contributed by atoms with Crippen LogP contribution in [-0.4, -0.2) is 6.04 Å². The minimum atomic E-state index is 0.251. The third-order valence-electron chi connectivity index (χ3n) is 4.11. The van der Waals surface area contributed by atoms with Crippen molar-refractivity contribution in [3.05, 3.63) is 83.4 Å². The van der Waals surface area contributed by atoms with E-state index in [1.807, 2.05) is 6.07 Å². The zero-order chi connectivity index (χ0) is 14.5. The third kappa shape index (κ3) is 3.50. The first-order valence-corrected chi connectivity index (χ1v) is 7.56. The van der Waals surface area contributed by atoms with Crippen LogP contribution in [-0.2, 0) is 0 Å². The predicted octanol–water partition coefficient (Wildman–Crippen LogP) is 4.62. The van der Waals surface area contributed by atoms with Gasteiger partial charge in [0.1, 0.15) is 0 Å². The molecule has 2 unspecified atom stereocenters. The average Bonchev–Trinajstić information content (AvgIpc) is 2.55. The zero-order valence-electron chi connectivity index (χ0n) is 12.2. The van der Waals surface area contributed by atoms with Crippen molar-refractivity contribution in [2.45, 2.75) is 24.8 Å². The van der Waals surface area contributed by atoms with Crippen LogP contribution in [0.15, 0.2) is 66.7 Å². The van der Waals surface area contributed by atoms with Gasteiger partial charge >= 0.3 is 0 Å². The van der Waals surface area contributed by atoms with Crippen molar-refractivity contribution in [1.82, 2.24) is 0 Å². The van der Waals surface area contributed by atoms with Gasteiger partial charge in [0, 0.05) is 12.0 Å². The van der Waals surface area contributed by atoms with Crippen molar-refractivity contribution in [2.24, 2.45) is 5.73 Å². The van der Waals surface area contributed by atoms with E-state index in [9.17, 15) is 0 Å². The number of allylic oxidation sites excluding steroid dienone is 1. The molecule has 3 rings (SSSR count). The summed E-state index contributed by atoms with van der Waals surface area (Å²) in [7, 11) is 0. The molecule has 0 radical (unpaired) electrons. The fourth-order valence-corrected chi connectivity index (χ4v) is 2.83. The normalized spacial score (nSPS) is 21.8. The second kappa shape index (κ2) is 6.55. The van der Waals surface area contributed by atoms with Gasteiger partial charge in [0.25, 0.3) is 0 Å². The Bertz CT molecular complexity index is 623. The number of hydrogen-bond donors (Lipinski definition) is 1. The highest BCUT2D eigenvalue weighted by molar-refractivity contribution is 5.69. The number of rotatable bonds is 3. The maximum Gasteiger partial charge on any atom is 0.0145 e. The zero-order valence-corrected chi connectivity index (χ0v) is 12.2. The first-order chi connectivity index (χ1) is 10.3. The Hall–Kier alpha value is -2.12. The summed E-state index contributed by atoms with van der Waals surface area (Å²) >= 11 is 0. The molecule has 21 heavy (non-hydrogen) atoms. The van der Waals surface area contributed by atoms with Crippen LogP contribution in [0.4, 0.5) is 0 Å². The quantitative estimate of drug-likeness (QED) is 0.642. The molecule has 0 aromatic heterocycles. The molecular formula is C20H21N. The Kier molecular flexibility index (Phi) is 4.32. The summed E-state index contributed by atoms with van der Waals surface area (Å²) in [4.78, 5) is 0. The van der Waals surface area contributed by atoms with Gasteiger partial charge in [0.05, 0.1) is 0 Å². The molecule has 106 valence electrons. The van der Waals surface area contributed by atoms with Gasteiger partial charge < -0.3 is 5.73 Å². The molecule has 2 N–H and O–H groups in total. The molecule has 0 saturated carbocycles. The topological polar surface area (TPSA) is 26.0 Å².